The lowest BCUT2D eigenvalue weighted by atomic mass is 10.1. The third-order valence-corrected chi connectivity index (χ3v) is 2.67. The number of rotatable bonds is 4. The van der Waals surface area contributed by atoms with Gasteiger partial charge >= 0.3 is 6.03 Å². The van der Waals surface area contributed by atoms with E-state index in [2.05, 4.69) is 16.0 Å². The van der Waals surface area contributed by atoms with Gasteiger partial charge in [0.15, 0.2) is 0 Å². The van der Waals surface area contributed by atoms with E-state index in [1.165, 1.54) is 0 Å². The second kappa shape index (κ2) is 7.56. The topological polar surface area (TPSA) is 82.7 Å². The van der Waals surface area contributed by atoms with Crippen molar-refractivity contribution in [1.82, 2.24) is 20.9 Å². The summed E-state index contributed by atoms with van der Waals surface area (Å²) in [6, 6.07) is -0.466. The summed E-state index contributed by atoms with van der Waals surface area (Å²) < 4.78 is 5.56. The van der Waals surface area contributed by atoms with Gasteiger partial charge in [-0.05, 0) is 27.8 Å². The fourth-order valence-corrected chi connectivity index (χ4v) is 1.93. The zero-order chi connectivity index (χ0) is 15.2. The Hall–Kier alpha value is -1.18. The van der Waals surface area contributed by atoms with Gasteiger partial charge in [0.05, 0.1) is 19.3 Å². The summed E-state index contributed by atoms with van der Waals surface area (Å²) in [4.78, 5) is 25.1. The number of amides is 3. The summed E-state index contributed by atoms with van der Waals surface area (Å²) in [5.41, 5.74) is -0.363. The van der Waals surface area contributed by atoms with E-state index >= 15 is 0 Å². The number of hydrogen-bond acceptors (Lipinski definition) is 5. The summed E-state index contributed by atoms with van der Waals surface area (Å²) in [5, 5.41) is 8.23. The SMILES string of the molecule is CN(CC(=O)NC(=O)NC(C)(C)C)CC1CNCCO1. The van der Waals surface area contributed by atoms with E-state index < -0.39 is 6.03 Å². The van der Waals surface area contributed by atoms with Crippen LogP contribution in [-0.4, -0.2) is 68.3 Å². The molecule has 0 saturated carbocycles. The van der Waals surface area contributed by atoms with Crippen LogP contribution in [0.3, 0.4) is 0 Å². The van der Waals surface area contributed by atoms with Crippen LogP contribution in [0.2, 0.25) is 0 Å². The Morgan fingerprint density at radius 2 is 2.10 bits per heavy atom. The number of likely N-dealkylation sites (N-methyl/N-ethyl adjacent to an activating group) is 1. The maximum absolute atomic E-state index is 11.7. The molecule has 1 fully saturated rings. The van der Waals surface area contributed by atoms with Gasteiger partial charge in [-0.1, -0.05) is 0 Å². The van der Waals surface area contributed by atoms with Crippen LogP contribution in [0.15, 0.2) is 0 Å². The number of ether oxygens (including phenoxy) is 1. The Labute approximate surface area is 120 Å². The van der Waals surface area contributed by atoms with Crippen molar-refractivity contribution < 1.29 is 14.3 Å². The largest absolute Gasteiger partial charge is 0.374 e. The van der Waals surface area contributed by atoms with E-state index in [4.69, 9.17) is 4.74 Å². The molecular weight excluding hydrogens is 260 g/mol. The molecule has 0 bridgehead atoms. The quantitative estimate of drug-likeness (QED) is 0.651. The second-order valence-electron chi connectivity index (χ2n) is 6.15. The molecule has 1 unspecified atom stereocenters. The van der Waals surface area contributed by atoms with Gasteiger partial charge in [0.25, 0.3) is 0 Å². The van der Waals surface area contributed by atoms with Crippen LogP contribution in [0.1, 0.15) is 20.8 Å². The number of morpholine rings is 1. The molecular formula is C13H26N4O3. The minimum absolute atomic E-state index is 0.0879. The fraction of sp³-hybridized carbons (Fsp3) is 0.846. The Morgan fingerprint density at radius 1 is 1.40 bits per heavy atom. The van der Waals surface area contributed by atoms with Gasteiger partial charge < -0.3 is 15.4 Å². The first-order valence-electron chi connectivity index (χ1n) is 6.89. The second-order valence-corrected chi connectivity index (χ2v) is 6.15. The van der Waals surface area contributed by atoms with Gasteiger partial charge in [-0.2, -0.15) is 0 Å². The molecule has 0 radical (unpaired) electrons. The molecule has 0 aromatic heterocycles. The van der Waals surface area contributed by atoms with Crippen molar-refractivity contribution in [2.45, 2.75) is 32.4 Å². The van der Waals surface area contributed by atoms with Crippen LogP contribution in [0.5, 0.6) is 0 Å². The lowest BCUT2D eigenvalue weighted by Crippen LogP contribution is -2.51. The standard InChI is InChI=1S/C13H26N4O3/c1-13(2,3)16-12(19)15-11(18)9-17(4)8-10-7-14-5-6-20-10/h10,14H,5-9H2,1-4H3,(H2,15,16,18,19). The van der Waals surface area contributed by atoms with Crippen molar-refractivity contribution in [3.8, 4) is 0 Å². The highest BCUT2D eigenvalue weighted by Gasteiger charge is 2.19. The molecule has 1 aliphatic heterocycles. The summed E-state index contributed by atoms with van der Waals surface area (Å²) in [6.45, 7) is 8.74. The predicted octanol–water partition coefficient (Wildman–Crippen LogP) is -0.469. The van der Waals surface area contributed by atoms with E-state index in [0.29, 0.717) is 13.2 Å². The maximum atomic E-state index is 11.7. The highest BCUT2D eigenvalue weighted by Crippen LogP contribution is 1.99. The van der Waals surface area contributed by atoms with Gasteiger partial charge in [-0.25, -0.2) is 4.79 Å². The molecule has 0 aromatic rings. The lowest BCUT2D eigenvalue weighted by molar-refractivity contribution is -0.121. The van der Waals surface area contributed by atoms with E-state index in [1.54, 1.807) is 0 Å². The van der Waals surface area contributed by atoms with Crippen LogP contribution in [0.4, 0.5) is 4.79 Å². The molecule has 0 aliphatic carbocycles. The number of urea groups is 1. The minimum Gasteiger partial charge on any atom is -0.374 e. The first kappa shape index (κ1) is 16.9. The smallest absolute Gasteiger partial charge is 0.321 e. The Morgan fingerprint density at radius 3 is 2.65 bits per heavy atom. The Bertz CT molecular complexity index is 335. The van der Waals surface area contributed by atoms with Crippen molar-refractivity contribution in [3.05, 3.63) is 0 Å². The number of hydrogen-bond donors (Lipinski definition) is 3. The highest BCUT2D eigenvalue weighted by atomic mass is 16.5. The Balaban J connectivity index is 2.25. The van der Waals surface area contributed by atoms with Crippen LogP contribution >= 0.6 is 0 Å². The summed E-state index contributed by atoms with van der Waals surface area (Å²) in [7, 11) is 1.83. The number of carbonyl (C=O) groups is 2. The molecule has 0 spiro atoms. The third-order valence-electron chi connectivity index (χ3n) is 2.67. The number of nitrogens with one attached hydrogen (secondary N) is 3. The van der Waals surface area contributed by atoms with Crippen molar-refractivity contribution in [2.24, 2.45) is 0 Å². The van der Waals surface area contributed by atoms with Crippen LogP contribution in [0, 0.1) is 0 Å². The van der Waals surface area contributed by atoms with Crippen LogP contribution < -0.4 is 16.0 Å². The van der Waals surface area contributed by atoms with Gasteiger partial charge in [-0.15, -0.1) is 0 Å². The molecule has 3 N–H and O–H groups in total. The lowest BCUT2D eigenvalue weighted by Gasteiger charge is -2.27. The normalized spacial score (nSPS) is 19.8. The highest BCUT2D eigenvalue weighted by molar-refractivity contribution is 5.95. The molecule has 1 aliphatic rings. The summed E-state index contributed by atoms with van der Waals surface area (Å²) in [6.07, 6.45) is 0.0879. The molecule has 3 amide bonds. The van der Waals surface area contributed by atoms with Gasteiger partial charge in [-0.3, -0.25) is 15.0 Å². The monoisotopic (exact) mass is 286 g/mol. The van der Waals surface area contributed by atoms with Gasteiger partial charge in [0.2, 0.25) is 5.91 Å². The molecule has 7 heteroatoms. The zero-order valence-electron chi connectivity index (χ0n) is 12.8. The molecule has 0 aromatic carbocycles. The average Bonchev–Trinajstić information content (AvgIpc) is 2.26. The molecule has 116 valence electrons. The van der Waals surface area contributed by atoms with E-state index in [9.17, 15) is 9.59 Å². The van der Waals surface area contributed by atoms with Gasteiger partial charge in [0, 0.05) is 25.2 Å². The average molecular weight is 286 g/mol. The van der Waals surface area contributed by atoms with E-state index in [1.807, 2.05) is 32.7 Å². The molecule has 1 rings (SSSR count). The molecule has 1 saturated heterocycles. The zero-order valence-corrected chi connectivity index (χ0v) is 12.8. The van der Waals surface area contributed by atoms with Crippen molar-refractivity contribution in [2.75, 3.05) is 39.8 Å². The van der Waals surface area contributed by atoms with Crippen molar-refractivity contribution in [1.29, 1.82) is 0 Å². The maximum Gasteiger partial charge on any atom is 0.321 e. The number of carbonyl (C=O) groups excluding carboxylic acids is 2. The number of imide groups is 1. The van der Waals surface area contributed by atoms with Gasteiger partial charge in [0.1, 0.15) is 0 Å². The van der Waals surface area contributed by atoms with E-state index in [-0.39, 0.29) is 24.1 Å². The number of nitrogens with zero attached hydrogens (tertiary/aromatic N) is 1. The predicted molar refractivity (Wildman–Crippen MR) is 76.5 cm³/mol. The first-order chi connectivity index (χ1) is 9.26. The van der Waals surface area contributed by atoms with Crippen LogP contribution in [-0.2, 0) is 9.53 Å². The first-order valence-corrected chi connectivity index (χ1v) is 6.89. The fourth-order valence-electron chi connectivity index (χ4n) is 1.93. The van der Waals surface area contributed by atoms with Crippen LogP contribution in [0.25, 0.3) is 0 Å². The van der Waals surface area contributed by atoms with E-state index in [0.717, 1.165) is 13.1 Å². The third kappa shape index (κ3) is 7.42. The summed E-state index contributed by atoms with van der Waals surface area (Å²) >= 11 is 0. The van der Waals surface area contributed by atoms with Crippen molar-refractivity contribution in [3.63, 3.8) is 0 Å². The van der Waals surface area contributed by atoms with Crippen molar-refractivity contribution >= 4 is 11.9 Å². The molecule has 1 heterocycles. The molecule has 1 atom stereocenters. The minimum atomic E-state index is -0.466. The molecule has 7 nitrogen and oxygen atoms in total. The molecule has 20 heavy (non-hydrogen) atoms. The Kier molecular flexibility index (Phi) is 6.38. The summed E-state index contributed by atoms with van der Waals surface area (Å²) in [5.74, 6) is -0.321.